The van der Waals surface area contributed by atoms with Gasteiger partial charge in [0.05, 0.1) is 16.7 Å². The maximum atomic E-state index is 2.60. The monoisotopic (exact) mass is 774 g/mol. The fourth-order valence-corrected chi connectivity index (χ4v) is 10.7. The highest BCUT2D eigenvalue weighted by Crippen LogP contribution is 2.55. The average molecular weight is 775 g/mol. The number of benzene rings is 8. The molecule has 0 N–H and O–H groups in total. The van der Waals surface area contributed by atoms with E-state index in [1.54, 1.807) is 0 Å². The van der Waals surface area contributed by atoms with Gasteiger partial charge in [-0.25, -0.2) is 0 Å². The van der Waals surface area contributed by atoms with Gasteiger partial charge in [-0.05, 0) is 104 Å². The van der Waals surface area contributed by atoms with Crippen molar-refractivity contribution in [3.63, 3.8) is 0 Å². The molecule has 292 valence electrons. The molecular weight excluding hydrogens is 725 g/mol. The Morgan fingerprint density at radius 3 is 1.78 bits per heavy atom. The Labute approximate surface area is 354 Å². The normalized spacial score (nSPS) is 14.5. The van der Waals surface area contributed by atoms with Gasteiger partial charge in [-0.15, -0.1) is 0 Å². The Balaban J connectivity index is 1.21. The van der Waals surface area contributed by atoms with E-state index in [1.165, 1.54) is 88.7 Å². The first kappa shape index (κ1) is 36.4. The topological polar surface area (TPSA) is 8.17 Å². The molecule has 2 aliphatic carbocycles. The van der Waals surface area contributed by atoms with Gasteiger partial charge in [0.25, 0.3) is 0 Å². The van der Waals surface area contributed by atoms with E-state index in [2.05, 4.69) is 234 Å². The van der Waals surface area contributed by atoms with Gasteiger partial charge in [0, 0.05) is 44.2 Å². The summed E-state index contributed by atoms with van der Waals surface area (Å²) in [5.74, 6) is 0. The molecule has 0 spiro atoms. The van der Waals surface area contributed by atoms with E-state index in [9.17, 15) is 0 Å². The summed E-state index contributed by atoms with van der Waals surface area (Å²) < 4.78 is 2.60. The molecule has 60 heavy (non-hydrogen) atoms. The quantitative estimate of drug-likeness (QED) is 0.169. The van der Waals surface area contributed by atoms with Crippen LogP contribution in [-0.4, -0.2) is 4.57 Å². The van der Waals surface area contributed by atoms with Gasteiger partial charge in [-0.3, -0.25) is 0 Å². The summed E-state index contributed by atoms with van der Waals surface area (Å²) in [6.45, 7) is 16.6. The number of rotatable bonds is 5. The molecular formula is C58H50N2. The van der Waals surface area contributed by atoms with Crippen LogP contribution in [0, 0.1) is 0 Å². The summed E-state index contributed by atoms with van der Waals surface area (Å²) >= 11 is 0. The van der Waals surface area contributed by atoms with Crippen LogP contribution < -0.4 is 4.90 Å². The van der Waals surface area contributed by atoms with Crippen molar-refractivity contribution in [2.75, 3.05) is 4.90 Å². The fraction of sp³-hybridized carbons (Fsp3) is 0.172. The van der Waals surface area contributed by atoms with Crippen molar-refractivity contribution in [2.24, 2.45) is 0 Å². The highest BCUT2D eigenvalue weighted by Gasteiger charge is 2.40. The summed E-state index contributed by atoms with van der Waals surface area (Å²) in [5.41, 5.74) is 21.3. The molecule has 1 aromatic heterocycles. The number of aromatic nitrogens is 1. The van der Waals surface area contributed by atoms with E-state index in [0.29, 0.717) is 0 Å². The molecule has 0 atom stereocenters. The molecule has 2 aliphatic rings. The second-order valence-corrected chi connectivity index (χ2v) is 19.0. The number of para-hydroxylation sites is 1. The van der Waals surface area contributed by atoms with Crippen LogP contribution in [0.25, 0.3) is 60.9 Å². The van der Waals surface area contributed by atoms with E-state index in [0.717, 1.165) is 17.1 Å². The number of hydrogen-bond acceptors (Lipinski definition) is 1. The molecule has 0 unspecified atom stereocenters. The van der Waals surface area contributed by atoms with Gasteiger partial charge in [0.1, 0.15) is 0 Å². The van der Waals surface area contributed by atoms with Crippen LogP contribution in [0.5, 0.6) is 0 Å². The lowest BCUT2D eigenvalue weighted by molar-refractivity contribution is 0.586. The van der Waals surface area contributed by atoms with Crippen molar-refractivity contribution in [3.8, 4) is 39.1 Å². The van der Waals surface area contributed by atoms with Crippen molar-refractivity contribution in [3.05, 3.63) is 204 Å². The number of anilines is 3. The largest absolute Gasteiger partial charge is 0.310 e. The third-order valence-electron chi connectivity index (χ3n) is 13.7. The smallest absolute Gasteiger partial charge is 0.0581 e. The van der Waals surface area contributed by atoms with Crippen molar-refractivity contribution >= 4 is 38.9 Å². The highest BCUT2D eigenvalue weighted by molar-refractivity contribution is 6.11. The SMILES string of the molecule is CC(C)(C)c1ccc2c(c1-n1c3ccccc3c3ccc(N(c4cccc(-c5ccccc5)c4)c4ccc5c(c4)C(C)(C)c4ccccc4-5)cc31)-c1ccccc1C2(C)C. The number of nitrogens with zero attached hydrogens (tertiary/aromatic N) is 2. The van der Waals surface area contributed by atoms with Crippen LogP contribution in [0.2, 0.25) is 0 Å². The van der Waals surface area contributed by atoms with Gasteiger partial charge in [-0.2, -0.15) is 0 Å². The minimum absolute atomic E-state index is 0.111. The van der Waals surface area contributed by atoms with Crippen LogP contribution in [0.4, 0.5) is 17.1 Å². The molecule has 1 heterocycles. The van der Waals surface area contributed by atoms with Crippen LogP contribution in [-0.2, 0) is 16.2 Å². The van der Waals surface area contributed by atoms with Crippen LogP contribution in [0.15, 0.2) is 176 Å². The molecule has 2 heteroatoms. The van der Waals surface area contributed by atoms with Gasteiger partial charge < -0.3 is 9.47 Å². The van der Waals surface area contributed by atoms with Crippen molar-refractivity contribution in [1.82, 2.24) is 4.57 Å². The molecule has 0 amide bonds. The first-order valence-corrected chi connectivity index (χ1v) is 21.4. The summed E-state index contributed by atoms with van der Waals surface area (Å²) in [6, 6.07) is 65.9. The summed E-state index contributed by atoms with van der Waals surface area (Å²) in [7, 11) is 0. The Bertz CT molecular complexity index is 3190. The Kier molecular flexibility index (Phi) is 7.85. The van der Waals surface area contributed by atoms with E-state index in [1.807, 2.05) is 0 Å². The fourth-order valence-electron chi connectivity index (χ4n) is 10.7. The Hall–Kier alpha value is -6.64. The molecule has 0 fully saturated rings. The van der Waals surface area contributed by atoms with Gasteiger partial charge >= 0.3 is 0 Å². The first-order chi connectivity index (χ1) is 28.9. The molecule has 0 aliphatic heterocycles. The molecule has 11 rings (SSSR count). The van der Waals surface area contributed by atoms with Crippen LogP contribution in [0.1, 0.15) is 76.3 Å². The maximum Gasteiger partial charge on any atom is 0.0581 e. The molecule has 2 nitrogen and oxygen atoms in total. The maximum absolute atomic E-state index is 2.60. The molecule has 0 saturated heterocycles. The van der Waals surface area contributed by atoms with E-state index < -0.39 is 0 Å². The van der Waals surface area contributed by atoms with Crippen LogP contribution >= 0.6 is 0 Å². The summed E-state index contributed by atoms with van der Waals surface area (Å²) in [6.07, 6.45) is 0. The molecule has 9 aromatic rings. The number of hydrogen-bond donors (Lipinski definition) is 0. The summed E-state index contributed by atoms with van der Waals surface area (Å²) in [4.78, 5) is 2.48. The minimum Gasteiger partial charge on any atom is -0.310 e. The highest BCUT2D eigenvalue weighted by atomic mass is 15.1. The Morgan fingerprint density at radius 1 is 0.417 bits per heavy atom. The van der Waals surface area contributed by atoms with Gasteiger partial charge in [0.15, 0.2) is 0 Å². The lowest BCUT2D eigenvalue weighted by Gasteiger charge is -2.30. The zero-order valence-corrected chi connectivity index (χ0v) is 35.6. The van der Waals surface area contributed by atoms with Crippen molar-refractivity contribution < 1.29 is 0 Å². The number of fused-ring (bicyclic) bond motifs is 9. The molecule has 0 bridgehead atoms. The first-order valence-electron chi connectivity index (χ1n) is 21.4. The molecule has 0 radical (unpaired) electrons. The van der Waals surface area contributed by atoms with Crippen LogP contribution in [0.3, 0.4) is 0 Å². The predicted molar refractivity (Wildman–Crippen MR) is 255 cm³/mol. The zero-order valence-electron chi connectivity index (χ0n) is 35.6. The standard InChI is InChI=1S/C58H50N2/c1-56(2,3)50-33-32-49-54(46-24-12-15-26-48(46)57(49,4)5)55(50)60-52-27-16-13-23-44(52)45-31-29-41(36-53(45)60)59(39-21-17-20-38(34-39)37-18-9-8-10-19-37)40-28-30-43-42-22-11-14-25-47(42)58(6,7)51(43)35-40/h8-36H,1-7H3. The Morgan fingerprint density at radius 2 is 1.00 bits per heavy atom. The predicted octanol–water partition coefficient (Wildman–Crippen LogP) is 15.8. The average Bonchev–Trinajstić information content (AvgIpc) is 3.80. The minimum atomic E-state index is -0.128. The summed E-state index contributed by atoms with van der Waals surface area (Å²) in [5, 5.41) is 2.51. The second-order valence-electron chi connectivity index (χ2n) is 19.0. The lowest BCUT2D eigenvalue weighted by Crippen LogP contribution is -2.19. The van der Waals surface area contributed by atoms with Crippen molar-refractivity contribution in [2.45, 2.75) is 64.7 Å². The van der Waals surface area contributed by atoms with Gasteiger partial charge in [-0.1, -0.05) is 182 Å². The third kappa shape index (κ3) is 5.26. The second kappa shape index (κ2) is 12.9. The third-order valence-corrected chi connectivity index (χ3v) is 13.7. The van der Waals surface area contributed by atoms with E-state index >= 15 is 0 Å². The zero-order chi connectivity index (χ0) is 41.1. The van der Waals surface area contributed by atoms with Gasteiger partial charge in [0.2, 0.25) is 0 Å². The van der Waals surface area contributed by atoms with E-state index in [-0.39, 0.29) is 16.2 Å². The lowest BCUT2D eigenvalue weighted by atomic mass is 9.79. The molecule has 8 aromatic carbocycles. The van der Waals surface area contributed by atoms with Crippen molar-refractivity contribution in [1.29, 1.82) is 0 Å². The van der Waals surface area contributed by atoms with E-state index in [4.69, 9.17) is 0 Å². The molecule has 0 saturated carbocycles.